The van der Waals surface area contributed by atoms with Crippen molar-refractivity contribution in [2.24, 2.45) is 0 Å². The molecule has 0 spiro atoms. The van der Waals surface area contributed by atoms with Crippen molar-refractivity contribution >= 4 is 17.4 Å². The van der Waals surface area contributed by atoms with E-state index in [1.165, 1.54) is 0 Å². The van der Waals surface area contributed by atoms with Gasteiger partial charge in [0.15, 0.2) is 5.82 Å². The van der Waals surface area contributed by atoms with Gasteiger partial charge in [0, 0.05) is 43.6 Å². The maximum Gasteiger partial charge on any atom is 0.249 e. The van der Waals surface area contributed by atoms with Crippen molar-refractivity contribution < 1.29 is 19.4 Å². The minimum absolute atomic E-state index is 0.0189. The van der Waals surface area contributed by atoms with E-state index in [1.807, 2.05) is 37.1 Å². The van der Waals surface area contributed by atoms with Gasteiger partial charge in [-0.2, -0.15) is 0 Å². The number of hydrogen-bond donors (Lipinski definition) is 1. The lowest BCUT2D eigenvalue weighted by Crippen LogP contribution is -2.40. The number of anilines is 2. The number of hydrogen-bond acceptors (Lipinski definition) is 7. The van der Waals surface area contributed by atoms with Crippen molar-refractivity contribution in [1.29, 1.82) is 0 Å². The topological polar surface area (TPSA) is 88.0 Å². The molecular weight excluding hydrogens is 348 g/mol. The summed E-state index contributed by atoms with van der Waals surface area (Å²) in [6.45, 7) is 2.18. The predicted octanol–water partition coefficient (Wildman–Crippen LogP) is 1.54. The van der Waals surface area contributed by atoms with Crippen molar-refractivity contribution in [2.75, 3.05) is 37.6 Å². The molecule has 2 aromatic rings. The molecule has 27 heavy (non-hydrogen) atoms. The Hall–Kier alpha value is -2.87. The quantitative estimate of drug-likeness (QED) is 0.823. The number of likely N-dealkylation sites (N-methyl/N-ethyl adjacent to an activating group) is 1. The van der Waals surface area contributed by atoms with E-state index in [0.29, 0.717) is 36.1 Å². The average Bonchev–Trinajstić information content (AvgIpc) is 3.07. The van der Waals surface area contributed by atoms with Crippen molar-refractivity contribution in [1.82, 2.24) is 9.97 Å². The number of nitrogens with zero attached hydrogens (tertiary/aromatic N) is 4. The van der Waals surface area contributed by atoms with Crippen LogP contribution in [0.3, 0.4) is 0 Å². The molecule has 1 fully saturated rings. The third-order valence-electron chi connectivity index (χ3n) is 4.68. The fourth-order valence-corrected chi connectivity index (χ4v) is 3.25. The molecule has 1 saturated heterocycles. The maximum absolute atomic E-state index is 13.1. The predicted molar refractivity (Wildman–Crippen MR) is 101 cm³/mol. The fourth-order valence-electron chi connectivity index (χ4n) is 3.25. The molecule has 1 aromatic heterocycles. The number of ether oxygens (including phenoxy) is 2. The lowest BCUT2D eigenvalue weighted by Gasteiger charge is -2.25. The highest BCUT2D eigenvalue weighted by Gasteiger charge is 2.36. The maximum atomic E-state index is 13.1. The van der Waals surface area contributed by atoms with Crippen LogP contribution >= 0.6 is 0 Å². The van der Waals surface area contributed by atoms with E-state index in [0.717, 1.165) is 11.4 Å². The van der Waals surface area contributed by atoms with Crippen LogP contribution in [0, 0.1) is 6.92 Å². The normalized spacial score (nSPS) is 16.6. The van der Waals surface area contributed by atoms with Crippen LogP contribution in [0.5, 0.6) is 11.5 Å². The first-order valence-electron chi connectivity index (χ1n) is 8.69. The second-order valence-electron chi connectivity index (χ2n) is 6.42. The van der Waals surface area contributed by atoms with Gasteiger partial charge in [0.1, 0.15) is 30.0 Å². The zero-order chi connectivity index (χ0) is 19.6. The molecule has 144 valence electrons. The Morgan fingerprint density at radius 2 is 1.85 bits per heavy atom. The number of aliphatic hydroxyl groups excluding tert-OH is 1. The van der Waals surface area contributed by atoms with E-state index in [-0.39, 0.29) is 18.6 Å². The number of methoxy groups -OCH3 is 2. The number of carbonyl (C=O) groups excluding carboxylic acids is 1. The van der Waals surface area contributed by atoms with Crippen LogP contribution < -0.4 is 19.3 Å². The molecule has 2 heterocycles. The van der Waals surface area contributed by atoms with Gasteiger partial charge in [-0.05, 0) is 13.3 Å². The molecule has 8 heteroatoms. The summed E-state index contributed by atoms with van der Waals surface area (Å²) in [4.78, 5) is 25.1. The molecule has 1 aliphatic rings. The van der Waals surface area contributed by atoms with Gasteiger partial charge in [0.05, 0.1) is 19.9 Å². The van der Waals surface area contributed by atoms with Crippen LogP contribution in [-0.4, -0.2) is 54.8 Å². The Balaban J connectivity index is 1.85. The molecular formula is C19H24N4O4. The van der Waals surface area contributed by atoms with Crippen LogP contribution in [0.4, 0.5) is 11.5 Å². The van der Waals surface area contributed by atoms with Gasteiger partial charge >= 0.3 is 0 Å². The second kappa shape index (κ2) is 7.79. The summed E-state index contributed by atoms with van der Waals surface area (Å²) in [6, 6.07) is 6.88. The summed E-state index contributed by atoms with van der Waals surface area (Å²) in [5.74, 6) is 2.21. The van der Waals surface area contributed by atoms with Gasteiger partial charge in [-0.15, -0.1) is 0 Å². The number of aryl methyl sites for hydroxylation is 1. The van der Waals surface area contributed by atoms with Crippen LogP contribution in [0.2, 0.25) is 0 Å². The van der Waals surface area contributed by atoms with Crippen LogP contribution in [0.1, 0.15) is 17.9 Å². The Morgan fingerprint density at radius 3 is 2.44 bits per heavy atom. The van der Waals surface area contributed by atoms with E-state index in [4.69, 9.17) is 9.47 Å². The fraction of sp³-hybridized carbons (Fsp3) is 0.421. The number of amides is 1. The van der Waals surface area contributed by atoms with Gasteiger partial charge in [0.2, 0.25) is 5.91 Å². The van der Waals surface area contributed by atoms with Gasteiger partial charge < -0.3 is 24.4 Å². The average molecular weight is 372 g/mol. The lowest BCUT2D eigenvalue weighted by molar-refractivity contribution is -0.118. The second-order valence-corrected chi connectivity index (χ2v) is 6.42. The highest BCUT2D eigenvalue weighted by molar-refractivity contribution is 6.01. The first kappa shape index (κ1) is 18.9. The summed E-state index contributed by atoms with van der Waals surface area (Å²) in [5, 5.41) is 9.33. The molecule has 1 amide bonds. The Morgan fingerprint density at radius 1 is 1.19 bits per heavy atom. The Labute approximate surface area is 158 Å². The minimum atomic E-state index is -0.344. The van der Waals surface area contributed by atoms with E-state index in [1.54, 1.807) is 25.2 Å². The Bertz CT molecular complexity index is 820. The molecule has 0 aliphatic carbocycles. The third kappa shape index (κ3) is 3.80. The molecule has 1 atom stereocenters. The molecule has 0 radical (unpaired) electrons. The summed E-state index contributed by atoms with van der Waals surface area (Å²) in [6.07, 6.45) is 0.659. The van der Waals surface area contributed by atoms with Gasteiger partial charge in [0.25, 0.3) is 0 Å². The highest BCUT2D eigenvalue weighted by atomic mass is 16.5. The SMILES string of the molecule is COc1cc(OC)cc(N2CCC(N(C)c3cc(C)nc(CO)n3)C2=O)c1. The molecule has 0 saturated carbocycles. The van der Waals surface area contributed by atoms with Crippen molar-refractivity contribution in [3.8, 4) is 11.5 Å². The number of benzene rings is 1. The number of carbonyl (C=O) groups is 1. The highest BCUT2D eigenvalue weighted by Crippen LogP contribution is 2.32. The minimum Gasteiger partial charge on any atom is -0.497 e. The molecule has 1 aliphatic heterocycles. The first-order valence-corrected chi connectivity index (χ1v) is 8.69. The molecule has 1 N–H and O–H groups in total. The van der Waals surface area contributed by atoms with Gasteiger partial charge in [-0.3, -0.25) is 4.79 Å². The molecule has 0 bridgehead atoms. The van der Waals surface area contributed by atoms with Crippen molar-refractivity contribution in [2.45, 2.75) is 26.0 Å². The van der Waals surface area contributed by atoms with Crippen LogP contribution in [0.15, 0.2) is 24.3 Å². The smallest absolute Gasteiger partial charge is 0.249 e. The monoisotopic (exact) mass is 372 g/mol. The largest absolute Gasteiger partial charge is 0.497 e. The number of rotatable bonds is 6. The number of aliphatic hydroxyl groups is 1. The van der Waals surface area contributed by atoms with E-state index >= 15 is 0 Å². The molecule has 3 rings (SSSR count). The first-order chi connectivity index (χ1) is 13.0. The van der Waals surface area contributed by atoms with Gasteiger partial charge in [-0.1, -0.05) is 0 Å². The zero-order valence-electron chi connectivity index (χ0n) is 16.0. The van der Waals surface area contributed by atoms with Gasteiger partial charge in [-0.25, -0.2) is 9.97 Å². The number of aromatic nitrogens is 2. The summed E-state index contributed by atoms with van der Waals surface area (Å²) in [7, 11) is 5.00. The zero-order valence-corrected chi connectivity index (χ0v) is 16.0. The van der Waals surface area contributed by atoms with E-state index in [9.17, 15) is 9.90 Å². The van der Waals surface area contributed by atoms with Crippen LogP contribution in [0.25, 0.3) is 0 Å². The summed E-state index contributed by atoms with van der Waals surface area (Å²) < 4.78 is 10.6. The van der Waals surface area contributed by atoms with E-state index in [2.05, 4.69) is 9.97 Å². The van der Waals surface area contributed by atoms with E-state index < -0.39 is 0 Å². The summed E-state index contributed by atoms with van der Waals surface area (Å²) in [5.41, 5.74) is 1.48. The summed E-state index contributed by atoms with van der Waals surface area (Å²) >= 11 is 0. The van der Waals surface area contributed by atoms with Crippen molar-refractivity contribution in [3.63, 3.8) is 0 Å². The molecule has 1 aromatic carbocycles. The van der Waals surface area contributed by atoms with Crippen molar-refractivity contribution in [3.05, 3.63) is 35.8 Å². The lowest BCUT2D eigenvalue weighted by atomic mass is 10.2. The molecule has 1 unspecified atom stereocenters. The molecule has 8 nitrogen and oxygen atoms in total. The third-order valence-corrected chi connectivity index (χ3v) is 4.68. The van der Waals surface area contributed by atoms with Crippen LogP contribution in [-0.2, 0) is 11.4 Å². The Kier molecular flexibility index (Phi) is 5.46. The standard InChI is InChI=1S/C19H24N4O4/c1-12-7-18(21-17(11-24)20-12)22(2)16-5-6-23(19(16)25)13-8-14(26-3)10-15(9-13)27-4/h7-10,16,24H,5-6,11H2,1-4H3.